The fourth-order valence-electron chi connectivity index (χ4n) is 3.20. The molecule has 3 aromatic rings. The molecule has 4 heteroatoms. The Balaban J connectivity index is 1.93. The predicted octanol–water partition coefficient (Wildman–Crippen LogP) is 5.41. The van der Waals surface area contributed by atoms with Crippen LogP contribution in [0.3, 0.4) is 0 Å². The summed E-state index contributed by atoms with van der Waals surface area (Å²) in [5.74, 6) is -1.07. The van der Waals surface area contributed by atoms with E-state index in [-0.39, 0.29) is 0 Å². The number of cyclic esters (lactones) is 1. The fraction of sp³-hybridized carbons (Fsp3) is 0.136. The Morgan fingerprint density at radius 2 is 1.65 bits per heavy atom. The van der Waals surface area contributed by atoms with E-state index in [4.69, 9.17) is 21.1 Å². The van der Waals surface area contributed by atoms with E-state index in [1.165, 1.54) is 0 Å². The molecule has 130 valence electrons. The van der Waals surface area contributed by atoms with Crippen molar-refractivity contribution in [2.45, 2.75) is 19.6 Å². The summed E-state index contributed by atoms with van der Waals surface area (Å²) in [6.07, 6.45) is 0. The lowest BCUT2D eigenvalue weighted by Crippen LogP contribution is -2.35. The monoisotopic (exact) mass is 364 g/mol. The van der Waals surface area contributed by atoms with Gasteiger partial charge in [0.25, 0.3) is 0 Å². The molecule has 3 aromatic carbocycles. The third-order valence-corrected chi connectivity index (χ3v) is 5.02. The van der Waals surface area contributed by atoms with Crippen LogP contribution in [0.2, 0.25) is 5.02 Å². The van der Waals surface area contributed by atoms with Crippen molar-refractivity contribution < 1.29 is 14.3 Å². The number of rotatable bonds is 3. The minimum Gasteiger partial charge on any atom is -0.444 e. The van der Waals surface area contributed by atoms with Gasteiger partial charge in [0, 0.05) is 10.6 Å². The van der Waals surface area contributed by atoms with Gasteiger partial charge in [-0.25, -0.2) is 4.79 Å². The second kappa shape index (κ2) is 6.19. The first-order chi connectivity index (χ1) is 12.5. The normalized spacial score (nSPS) is 18.3. The van der Waals surface area contributed by atoms with Crippen LogP contribution in [-0.2, 0) is 10.5 Å². The Hall–Kier alpha value is -2.78. The number of ether oxygens (including phenoxy) is 2. The second-order valence-electron chi connectivity index (χ2n) is 6.36. The van der Waals surface area contributed by atoms with Gasteiger partial charge in [-0.2, -0.15) is 0 Å². The Morgan fingerprint density at radius 3 is 2.42 bits per heavy atom. The van der Waals surface area contributed by atoms with E-state index in [9.17, 15) is 4.79 Å². The van der Waals surface area contributed by atoms with Crippen molar-refractivity contribution in [2.24, 2.45) is 0 Å². The molecular weight excluding hydrogens is 348 g/mol. The molecule has 1 aliphatic heterocycles. The first kappa shape index (κ1) is 16.7. The quantitative estimate of drug-likeness (QED) is 0.583. The number of halogens is 1. The first-order valence-corrected chi connectivity index (χ1v) is 8.73. The number of carbonyl (C=O) groups is 1. The van der Waals surface area contributed by atoms with Gasteiger partial charge in [-0.15, -0.1) is 0 Å². The number of benzene rings is 3. The third kappa shape index (κ3) is 2.56. The van der Waals surface area contributed by atoms with Crippen LogP contribution in [0.1, 0.15) is 32.6 Å². The summed E-state index contributed by atoms with van der Waals surface area (Å²) in [6, 6.07) is 20.3. The number of aryl methyl sites for hydroxylation is 1. The standard InChI is InChI=1S/C22H17ClO3/c1-14-6-5-9-20(15(14)2)25-22(16-10-12-17(23)13-11-16)19-8-4-3-7-18(19)21(24)26-22/h3-13H,1-2H3/t22-/m0/s1. The van der Waals surface area contributed by atoms with Crippen LogP contribution >= 0.6 is 11.6 Å². The molecule has 0 radical (unpaired) electrons. The fourth-order valence-corrected chi connectivity index (χ4v) is 3.32. The first-order valence-electron chi connectivity index (χ1n) is 8.35. The lowest BCUT2D eigenvalue weighted by Gasteiger charge is -2.31. The molecule has 0 saturated heterocycles. The van der Waals surface area contributed by atoms with Crippen LogP contribution in [0.25, 0.3) is 0 Å². The van der Waals surface area contributed by atoms with Crippen molar-refractivity contribution in [1.82, 2.24) is 0 Å². The summed E-state index contributed by atoms with van der Waals surface area (Å²) in [5, 5.41) is 0.605. The highest BCUT2D eigenvalue weighted by atomic mass is 35.5. The van der Waals surface area contributed by atoms with Crippen molar-refractivity contribution in [3.05, 3.63) is 99.6 Å². The number of fused-ring (bicyclic) bond motifs is 1. The van der Waals surface area contributed by atoms with E-state index in [1.807, 2.05) is 62.4 Å². The van der Waals surface area contributed by atoms with Gasteiger partial charge in [0.15, 0.2) is 0 Å². The van der Waals surface area contributed by atoms with Crippen molar-refractivity contribution in [3.63, 3.8) is 0 Å². The maximum absolute atomic E-state index is 12.5. The highest BCUT2D eigenvalue weighted by Crippen LogP contribution is 2.44. The van der Waals surface area contributed by atoms with E-state index >= 15 is 0 Å². The molecule has 0 unspecified atom stereocenters. The maximum atomic E-state index is 12.5. The van der Waals surface area contributed by atoms with Gasteiger partial charge in [0.2, 0.25) is 0 Å². The van der Waals surface area contributed by atoms with E-state index < -0.39 is 11.8 Å². The van der Waals surface area contributed by atoms with E-state index in [0.717, 1.165) is 11.1 Å². The molecule has 0 aromatic heterocycles. The average Bonchev–Trinajstić information content (AvgIpc) is 2.93. The van der Waals surface area contributed by atoms with Gasteiger partial charge in [-0.3, -0.25) is 0 Å². The minimum absolute atomic E-state index is 0.402. The van der Waals surface area contributed by atoms with Crippen molar-refractivity contribution in [2.75, 3.05) is 0 Å². The summed E-state index contributed by atoms with van der Waals surface area (Å²) in [6.45, 7) is 4.01. The molecule has 0 N–H and O–H groups in total. The molecular formula is C22H17ClO3. The van der Waals surface area contributed by atoms with E-state index in [0.29, 0.717) is 27.5 Å². The maximum Gasteiger partial charge on any atom is 0.342 e. The number of hydrogen-bond donors (Lipinski definition) is 0. The van der Waals surface area contributed by atoms with Gasteiger partial charge >= 0.3 is 11.8 Å². The molecule has 1 heterocycles. The van der Waals surface area contributed by atoms with E-state index in [1.54, 1.807) is 18.2 Å². The number of esters is 1. The molecule has 0 aliphatic carbocycles. The average molecular weight is 365 g/mol. The number of hydrogen-bond acceptors (Lipinski definition) is 3. The predicted molar refractivity (Wildman–Crippen MR) is 101 cm³/mol. The lowest BCUT2D eigenvalue weighted by molar-refractivity contribution is -0.109. The Kier molecular flexibility index (Phi) is 3.97. The summed E-state index contributed by atoms with van der Waals surface area (Å²) in [4.78, 5) is 12.5. The minimum atomic E-state index is -1.34. The Bertz CT molecular complexity index is 995. The summed E-state index contributed by atoms with van der Waals surface area (Å²) < 4.78 is 12.3. The van der Waals surface area contributed by atoms with Crippen LogP contribution in [-0.4, -0.2) is 5.97 Å². The highest BCUT2D eigenvalue weighted by Gasteiger charge is 2.49. The molecule has 4 rings (SSSR count). The zero-order chi connectivity index (χ0) is 18.3. The van der Waals surface area contributed by atoms with Gasteiger partial charge in [0.1, 0.15) is 5.75 Å². The molecule has 1 atom stereocenters. The summed E-state index contributed by atoms with van der Waals surface area (Å²) >= 11 is 6.05. The highest BCUT2D eigenvalue weighted by molar-refractivity contribution is 6.30. The molecule has 1 aliphatic rings. The Labute approximate surface area is 157 Å². The van der Waals surface area contributed by atoms with Crippen LogP contribution < -0.4 is 4.74 Å². The molecule has 3 nitrogen and oxygen atoms in total. The largest absolute Gasteiger partial charge is 0.444 e. The van der Waals surface area contributed by atoms with Crippen LogP contribution in [0.15, 0.2) is 66.7 Å². The second-order valence-corrected chi connectivity index (χ2v) is 6.80. The molecule has 26 heavy (non-hydrogen) atoms. The smallest absolute Gasteiger partial charge is 0.342 e. The molecule has 0 amide bonds. The van der Waals surface area contributed by atoms with Crippen molar-refractivity contribution >= 4 is 17.6 Å². The molecule has 0 bridgehead atoms. The van der Waals surface area contributed by atoms with Crippen LogP contribution in [0.5, 0.6) is 5.75 Å². The third-order valence-electron chi connectivity index (χ3n) is 4.77. The van der Waals surface area contributed by atoms with Crippen LogP contribution in [0, 0.1) is 13.8 Å². The van der Waals surface area contributed by atoms with Gasteiger partial charge in [-0.05, 0) is 67.4 Å². The van der Waals surface area contributed by atoms with Crippen LogP contribution in [0.4, 0.5) is 0 Å². The topological polar surface area (TPSA) is 35.5 Å². The zero-order valence-electron chi connectivity index (χ0n) is 14.5. The molecule has 0 spiro atoms. The SMILES string of the molecule is Cc1cccc(O[C@@]2(c3ccc(Cl)cc3)OC(=O)c3ccccc32)c1C. The van der Waals surface area contributed by atoms with Gasteiger partial charge in [0.05, 0.1) is 11.1 Å². The zero-order valence-corrected chi connectivity index (χ0v) is 15.2. The van der Waals surface area contributed by atoms with E-state index in [2.05, 4.69) is 0 Å². The molecule has 0 saturated carbocycles. The number of carbonyl (C=O) groups excluding carboxylic acids is 1. The molecule has 0 fully saturated rings. The van der Waals surface area contributed by atoms with Crippen molar-refractivity contribution in [1.29, 1.82) is 0 Å². The summed E-state index contributed by atoms with van der Waals surface area (Å²) in [5.41, 5.74) is 4.01. The summed E-state index contributed by atoms with van der Waals surface area (Å²) in [7, 11) is 0. The lowest BCUT2D eigenvalue weighted by atomic mass is 9.95. The van der Waals surface area contributed by atoms with Gasteiger partial charge < -0.3 is 9.47 Å². The van der Waals surface area contributed by atoms with Gasteiger partial charge in [-0.1, -0.05) is 35.9 Å². The Morgan fingerprint density at radius 1 is 0.923 bits per heavy atom. The van der Waals surface area contributed by atoms with Crippen molar-refractivity contribution in [3.8, 4) is 5.75 Å².